The van der Waals surface area contributed by atoms with Gasteiger partial charge in [-0.1, -0.05) is 0 Å². The molecular weight excluding hydrogens is 206 g/mol. The summed E-state index contributed by atoms with van der Waals surface area (Å²) in [6.45, 7) is 2.96. The first kappa shape index (κ1) is 10.8. The molecule has 1 N–H and O–H groups in total. The highest BCUT2D eigenvalue weighted by atomic mass is 35.5. The third-order valence-electron chi connectivity index (χ3n) is 2.36. The first-order valence-corrected chi connectivity index (χ1v) is 5.06. The molecule has 1 atom stereocenters. The third kappa shape index (κ3) is 1.98. The standard InChI is InChI=1S/C9H13NOS.ClH/c1-6-8-3-7(10-2)4-11-9(8)5-12-6;/h5,7,10H,3-4H2,1-2H3;1H. The number of hydrogen-bond acceptors (Lipinski definition) is 3. The van der Waals surface area contributed by atoms with Crippen LogP contribution in [0.2, 0.25) is 0 Å². The van der Waals surface area contributed by atoms with Gasteiger partial charge in [0.1, 0.15) is 12.4 Å². The van der Waals surface area contributed by atoms with E-state index in [1.807, 2.05) is 7.05 Å². The number of ether oxygens (including phenoxy) is 1. The van der Waals surface area contributed by atoms with Gasteiger partial charge in [-0.15, -0.1) is 23.7 Å². The Morgan fingerprint density at radius 2 is 2.38 bits per heavy atom. The second-order valence-electron chi connectivity index (χ2n) is 3.14. The summed E-state index contributed by atoms with van der Waals surface area (Å²) in [5.74, 6) is 1.10. The number of aryl methyl sites for hydroxylation is 1. The van der Waals surface area contributed by atoms with Gasteiger partial charge in [0.25, 0.3) is 0 Å². The van der Waals surface area contributed by atoms with E-state index in [1.54, 1.807) is 11.3 Å². The molecule has 2 nitrogen and oxygen atoms in total. The van der Waals surface area contributed by atoms with Crippen LogP contribution in [-0.2, 0) is 6.42 Å². The van der Waals surface area contributed by atoms with Gasteiger partial charge in [-0.25, -0.2) is 0 Å². The number of nitrogens with one attached hydrogen (secondary N) is 1. The molecule has 2 heterocycles. The first-order chi connectivity index (χ1) is 5.81. The van der Waals surface area contributed by atoms with Crippen molar-refractivity contribution in [3.8, 4) is 5.75 Å². The average molecular weight is 220 g/mol. The highest BCUT2D eigenvalue weighted by Gasteiger charge is 2.20. The Labute approximate surface area is 88.7 Å². The predicted molar refractivity (Wildman–Crippen MR) is 58.4 cm³/mol. The minimum atomic E-state index is 0. The van der Waals surface area contributed by atoms with Gasteiger partial charge in [-0.2, -0.15) is 0 Å². The van der Waals surface area contributed by atoms with E-state index in [1.165, 1.54) is 10.4 Å². The Morgan fingerprint density at radius 1 is 1.62 bits per heavy atom. The number of halogens is 1. The van der Waals surface area contributed by atoms with Crippen molar-refractivity contribution < 1.29 is 4.74 Å². The molecule has 1 aromatic heterocycles. The van der Waals surface area contributed by atoms with E-state index in [-0.39, 0.29) is 12.4 Å². The fourth-order valence-corrected chi connectivity index (χ4v) is 2.32. The van der Waals surface area contributed by atoms with Crippen molar-refractivity contribution in [3.05, 3.63) is 15.8 Å². The maximum Gasteiger partial charge on any atom is 0.133 e. The van der Waals surface area contributed by atoms with Crippen LogP contribution in [0.25, 0.3) is 0 Å². The molecule has 2 rings (SSSR count). The third-order valence-corrected chi connectivity index (χ3v) is 3.30. The van der Waals surface area contributed by atoms with Crippen LogP contribution in [0, 0.1) is 6.92 Å². The van der Waals surface area contributed by atoms with Gasteiger partial charge in [-0.05, 0) is 20.4 Å². The Morgan fingerprint density at radius 3 is 3.08 bits per heavy atom. The fourth-order valence-electron chi connectivity index (χ4n) is 1.50. The molecular formula is C9H14ClNOS. The second kappa shape index (κ2) is 4.31. The maximum absolute atomic E-state index is 5.60. The molecule has 1 unspecified atom stereocenters. The summed E-state index contributed by atoms with van der Waals surface area (Å²) in [5.41, 5.74) is 1.39. The highest BCUT2D eigenvalue weighted by molar-refractivity contribution is 7.10. The minimum absolute atomic E-state index is 0. The lowest BCUT2D eigenvalue weighted by Crippen LogP contribution is -2.36. The van der Waals surface area contributed by atoms with Gasteiger partial charge in [0.15, 0.2) is 0 Å². The molecule has 0 spiro atoms. The van der Waals surface area contributed by atoms with Gasteiger partial charge in [0.05, 0.1) is 0 Å². The Kier molecular flexibility index (Phi) is 3.59. The largest absolute Gasteiger partial charge is 0.491 e. The van der Waals surface area contributed by atoms with E-state index in [0.29, 0.717) is 6.04 Å². The van der Waals surface area contributed by atoms with Crippen LogP contribution in [0.5, 0.6) is 5.75 Å². The van der Waals surface area contributed by atoms with Crippen LogP contribution in [0.15, 0.2) is 5.38 Å². The molecule has 4 heteroatoms. The van der Waals surface area contributed by atoms with Crippen molar-refractivity contribution in [2.24, 2.45) is 0 Å². The number of fused-ring (bicyclic) bond motifs is 1. The van der Waals surface area contributed by atoms with Gasteiger partial charge < -0.3 is 10.1 Å². The van der Waals surface area contributed by atoms with E-state index < -0.39 is 0 Å². The lowest BCUT2D eigenvalue weighted by Gasteiger charge is -2.23. The normalized spacial score (nSPS) is 20.0. The molecule has 0 saturated heterocycles. The summed E-state index contributed by atoms with van der Waals surface area (Å²) in [6.07, 6.45) is 1.11. The van der Waals surface area contributed by atoms with Crippen LogP contribution in [0.4, 0.5) is 0 Å². The molecule has 0 aliphatic carbocycles. The zero-order valence-corrected chi connectivity index (χ0v) is 9.43. The number of rotatable bonds is 1. The molecule has 1 aromatic rings. The van der Waals surface area contributed by atoms with Crippen molar-refractivity contribution in [1.29, 1.82) is 0 Å². The number of likely N-dealkylation sites (N-methyl/N-ethyl adjacent to an activating group) is 1. The van der Waals surface area contributed by atoms with E-state index in [2.05, 4.69) is 17.6 Å². The molecule has 1 aliphatic rings. The summed E-state index contributed by atoms with van der Waals surface area (Å²) in [5, 5.41) is 5.35. The van der Waals surface area contributed by atoms with Gasteiger partial charge in [0, 0.05) is 21.9 Å². The second-order valence-corrected chi connectivity index (χ2v) is 4.22. The number of hydrogen-bond donors (Lipinski definition) is 1. The molecule has 1 aliphatic heterocycles. The summed E-state index contributed by atoms with van der Waals surface area (Å²) < 4.78 is 5.60. The van der Waals surface area contributed by atoms with Crippen molar-refractivity contribution in [2.45, 2.75) is 19.4 Å². The average Bonchev–Trinajstić information content (AvgIpc) is 2.47. The van der Waals surface area contributed by atoms with Gasteiger partial charge in [-0.3, -0.25) is 0 Å². The molecule has 0 aromatic carbocycles. The van der Waals surface area contributed by atoms with Crippen molar-refractivity contribution in [3.63, 3.8) is 0 Å². The van der Waals surface area contributed by atoms with Crippen LogP contribution < -0.4 is 10.1 Å². The van der Waals surface area contributed by atoms with E-state index >= 15 is 0 Å². The summed E-state index contributed by atoms with van der Waals surface area (Å²) in [6, 6.07) is 0.491. The van der Waals surface area contributed by atoms with Crippen molar-refractivity contribution in [1.82, 2.24) is 5.32 Å². The summed E-state index contributed by atoms with van der Waals surface area (Å²) in [7, 11) is 1.99. The Hall–Kier alpha value is -0.250. The zero-order chi connectivity index (χ0) is 8.55. The molecule has 13 heavy (non-hydrogen) atoms. The lowest BCUT2D eigenvalue weighted by atomic mass is 10.0. The topological polar surface area (TPSA) is 21.3 Å². The van der Waals surface area contributed by atoms with Crippen LogP contribution in [0.1, 0.15) is 10.4 Å². The Bertz CT molecular complexity index is 287. The quantitative estimate of drug-likeness (QED) is 0.780. The zero-order valence-electron chi connectivity index (χ0n) is 7.79. The van der Waals surface area contributed by atoms with Crippen LogP contribution in [-0.4, -0.2) is 19.7 Å². The molecule has 0 fully saturated rings. The maximum atomic E-state index is 5.60. The van der Waals surface area contributed by atoms with Gasteiger partial charge in [0.2, 0.25) is 0 Å². The summed E-state index contributed by atoms with van der Waals surface area (Å²) in [4.78, 5) is 1.39. The fraction of sp³-hybridized carbons (Fsp3) is 0.556. The Balaban J connectivity index is 0.000000845. The SMILES string of the molecule is CNC1COc2csc(C)c2C1.Cl. The van der Waals surface area contributed by atoms with Gasteiger partial charge >= 0.3 is 0 Å². The lowest BCUT2D eigenvalue weighted by molar-refractivity contribution is 0.247. The van der Waals surface area contributed by atoms with Crippen molar-refractivity contribution >= 4 is 23.7 Å². The van der Waals surface area contributed by atoms with Crippen LogP contribution >= 0.6 is 23.7 Å². The molecule has 0 saturated carbocycles. The molecule has 0 bridgehead atoms. The molecule has 74 valence electrons. The monoisotopic (exact) mass is 219 g/mol. The number of thiophene rings is 1. The predicted octanol–water partition coefficient (Wildman–Crippen LogP) is 2.00. The highest BCUT2D eigenvalue weighted by Crippen LogP contribution is 2.32. The van der Waals surface area contributed by atoms with E-state index in [0.717, 1.165) is 18.8 Å². The van der Waals surface area contributed by atoms with E-state index in [9.17, 15) is 0 Å². The first-order valence-electron chi connectivity index (χ1n) is 4.18. The molecule has 0 radical (unpaired) electrons. The minimum Gasteiger partial charge on any atom is -0.491 e. The smallest absolute Gasteiger partial charge is 0.133 e. The van der Waals surface area contributed by atoms with E-state index in [4.69, 9.17) is 4.74 Å². The van der Waals surface area contributed by atoms with Crippen LogP contribution in [0.3, 0.4) is 0 Å². The van der Waals surface area contributed by atoms with Crippen molar-refractivity contribution in [2.75, 3.05) is 13.7 Å². The molecule has 0 amide bonds. The summed E-state index contributed by atoms with van der Waals surface area (Å²) >= 11 is 1.78.